The van der Waals surface area contributed by atoms with Gasteiger partial charge in [0, 0.05) is 52.6 Å². The summed E-state index contributed by atoms with van der Waals surface area (Å²) in [7, 11) is 1.75. The van der Waals surface area contributed by atoms with Gasteiger partial charge in [-0.15, -0.1) is 0 Å². The van der Waals surface area contributed by atoms with Crippen LogP contribution in [0.5, 0.6) is 0 Å². The molecule has 1 N–H and O–H groups in total. The number of amides is 2. The monoisotopic (exact) mass is 867 g/mol. The molecule has 0 heterocycles. The van der Waals surface area contributed by atoms with Crippen LogP contribution in [0.3, 0.4) is 0 Å². The van der Waals surface area contributed by atoms with Crippen LogP contribution in [0.2, 0.25) is 0 Å². The number of nitrogens with zero attached hydrogens (tertiary/aromatic N) is 3. The first-order valence-electron chi connectivity index (χ1n) is 25.9. The summed E-state index contributed by atoms with van der Waals surface area (Å²) >= 11 is 0. The first kappa shape index (κ1) is 61.0. The predicted octanol–water partition coefficient (Wildman–Crippen LogP) is 11.7. The number of aldehydes is 1. The van der Waals surface area contributed by atoms with Gasteiger partial charge in [0.05, 0.1) is 6.61 Å². The molecule has 0 aliphatic rings. The minimum atomic E-state index is -0.0954. The fourth-order valence-electron chi connectivity index (χ4n) is 7.61. The van der Waals surface area contributed by atoms with E-state index in [1.165, 1.54) is 116 Å². The number of carbonyl (C=O) groups excluding carboxylic acids is 4. The molecule has 0 radical (unpaired) electrons. The predicted molar refractivity (Wildman–Crippen MR) is 258 cm³/mol. The van der Waals surface area contributed by atoms with Crippen molar-refractivity contribution < 1.29 is 28.7 Å². The Labute approximate surface area is 378 Å². The summed E-state index contributed by atoms with van der Waals surface area (Å²) in [5.41, 5.74) is 0. The van der Waals surface area contributed by atoms with E-state index < -0.39 is 0 Å². The van der Waals surface area contributed by atoms with E-state index in [4.69, 9.17) is 9.47 Å². The summed E-state index contributed by atoms with van der Waals surface area (Å²) in [4.78, 5) is 54.5. The van der Waals surface area contributed by atoms with E-state index in [1.54, 1.807) is 7.11 Å². The third kappa shape index (κ3) is 47.3. The first-order valence-corrected chi connectivity index (χ1v) is 25.9. The van der Waals surface area contributed by atoms with Crippen LogP contribution in [0.25, 0.3) is 0 Å². The Balaban J connectivity index is 0. The summed E-state index contributed by atoms with van der Waals surface area (Å²) < 4.78 is 10.3. The summed E-state index contributed by atoms with van der Waals surface area (Å²) in [6.07, 6.45) is 36.7. The number of nitrogens with one attached hydrogen (secondary N) is 1. The highest BCUT2D eigenvalue weighted by molar-refractivity contribution is 5.76. The molecule has 10 heteroatoms. The molecule has 0 atom stereocenters. The SMILES string of the molecule is CCCCCCCCCCN(CCCC=O)CCCCCN(CCNC=O)C(=O)CCCN(CCCCCCCCCC)CCCC(=O)OCCCCC.CCCCCOC. The van der Waals surface area contributed by atoms with Crippen molar-refractivity contribution in [3.05, 3.63) is 0 Å². The van der Waals surface area contributed by atoms with Crippen LogP contribution in [0.15, 0.2) is 0 Å². The molecule has 0 fully saturated rings. The fraction of sp³-hybridized carbons (Fsp3) is 0.922. The van der Waals surface area contributed by atoms with Crippen molar-refractivity contribution in [1.29, 1.82) is 0 Å². The van der Waals surface area contributed by atoms with Crippen molar-refractivity contribution in [2.75, 3.05) is 79.2 Å². The van der Waals surface area contributed by atoms with Gasteiger partial charge < -0.3 is 34.3 Å². The number of carbonyl (C=O) groups is 4. The number of hydrogen-bond acceptors (Lipinski definition) is 8. The van der Waals surface area contributed by atoms with Crippen LogP contribution in [0, 0.1) is 0 Å². The average molecular weight is 867 g/mol. The molecule has 0 saturated carbocycles. The molecule has 0 spiro atoms. The minimum Gasteiger partial charge on any atom is -0.466 e. The molecule has 0 aromatic rings. The van der Waals surface area contributed by atoms with Gasteiger partial charge in [-0.3, -0.25) is 14.4 Å². The van der Waals surface area contributed by atoms with Gasteiger partial charge in [0.1, 0.15) is 6.29 Å². The Morgan fingerprint density at radius 3 is 1.36 bits per heavy atom. The summed E-state index contributed by atoms with van der Waals surface area (Å²) in [6, 6.07) is 0. The van der Waals surface area contributed by atoms with Crippen LogP contribution in [-0.4, -0.2) is 118 Å². The summed E-state index contributed by atoms with van der Waals surface area (Å²) in [5, 5.41) is 2.74. The van der Waals surface area contributed by atoms with Crippen molar-refractivity contribution in [2.24, 2.45) is 0 Å². The Morgan fingerprint density at radius 2 is 0.869 bits per heavy atom. The Kier molecular flexibility index (Phi) is 52.3. The zero-order valence-corrected chi connectivity index (χ0v) is 41.1. The van der Waals surface area contributed by atoms with Crippen LogP contribution < -0.4 is 5.32 Å². The number of methoxy groups -OCH3 is 1. The molecule has 10 nitrogen and oxygen atoms in total. The van der Waals surface area contributed by atoms with E-state index >= 15 is 0 Å². The molecular formula is C51H102N4O6. The maximum Gasteiger partial charge on any atom is 0.305 e. The van der Waals surface area contributed by atoms with E-state index in [9.17, 15) is 19.2 Å². The van der Waals surface area contributed by atoms with Gasteiger partial charge in [0.2, 0.25) is 12.3 Å². The van der Waals surface area contributed by atoms with Crippen molar-refractivity contribution >= 4 is 24.6 Å². The standard InChI is InChI=1S/C45H88N4O5.C6H14O/c1-4-7-10-12-14-16-18-21-33-47(36-25-26-41-50)35-23-20-24-39-49(40-32-46-43-51)44(52)30-28-37-48(34-22-19-17-15-13-11-8-5-2)38-29-31-45(53)54-42-27-9-6-3;1-3-4-5-6-7-2/h41,43H,4-40,42H2,1-3H3,(H,46,51);3-6H2,1-2H3. The lowest BCUT2D eigenvalue weighted by Crippen LogP contribution is -2.38. The quantitative estimate of drug-likeness (QED) is 0.0366. The van der Waals surface area contributed by atoms with Gasteiger partial charge in [0.15, 0.2) is 0 Å². The molecule has 362 valence electrons. The summed E-state index contributed by atoms with van der Waals surface area (Å²) in [6.45, 7) is 17.9. The molecule has 0 saturated heterocycles. The Morgan fingerprint density at radius 1 is 0.459 bits per heavy atom. The Hall–Kier alpha value is -2.04. The normalized spacial score (nSPS) is 11.1. The maximum absolute atomic E-state index is 13.4. The summed E-state index contributed by atoms with van der Waals surface area (Å²) in [5.74, 6) is 0.0672. The second kappa shape index (κ2) is 52.3. The molecular weight excluding hydrogens is 765 g/mol. The van der Waals surface area contributed by atoms with Crippen LogP contribution in [0.1, 0.15) is 227 Å². The number of ether oxygens (including phenoxy) is 2. The zero-order valence-electron chi connectivity index (χ0n) is 41.1. The molecule has 0 aromatic carbocycles. The van der Waals surface area contributed by atoms with Gasteiger partial charge in [-0.2, -0.15) is 0 Å². The highest BCUT2D eigenvalue weighted by Crippen LogP contribution is 2.13. The second-order valence-electron chi connectivity index (χ2n) is 17.3. The van der Waals surface area contributed by atoms with Gasteiger partial charge in [-0.25, -0.2) is 0 Å². The lowest BCUT2D eigenvalue weighted by Gasteiger charge is -2.25. The largest absolute Gasteiger partial charge is 0.466 e. The van der Waals surface area contributed by atoms with Crippen molar-refractivity contribution in [3.63, 3.8) is 0 Å². The molecule has 0 aliphatic carbocycles. The van der Waals surface area contributed by atoms with E-state index in [2.05, 4.69) is 42.8 Å². The molecule has 2 amide bonds. The fourth-order valence-corrected chi connectivity index (χ4v) is 7.61. The van der Waals surface area contributed by atoms with Crippen molar-refractivity contribution in [1.82, 2.24) is 20.0 Å². The highest BCUT2D eigenvalue weighted by Gasteiger charge is 2.15. The molecule has 0 bridgehead atoms. The van der Waals surface area contributed by atoms with Gasteiger partial charge in [-0.05, 0) is 97.1 Å². The van der Waals surface area contributed by atoms with Gasteiger partial charge >= 0.3 is 5.97 Å². The molecule has 0 aromatic heterocycles. The Bertz CT molecular complexity index is 921. The van der Waals surface area contributed by atoms with Crippen molar-refractivity contribution in [3.8, 4) is 0 Å². The van der Waals surface area contributed by atoms with Crippen LogP contribution >= 0.6 is 0 Å². The molecule has 61 heavy (non-hydrogen) atoms. The second-order valence-corrected chi connectivity index (χ2v) is 17.3. The van der Waals surface area contributed by atoms with Gasteiger partial charge in [0.25, 0.3) is 0 Å². The van der Waals surface area contributed by atoms with Crippen LogP contribution in [-0.2, 0) is 28.7 Å². The lowest BCUT2D eigenvalue weighted by molar-refractivity contribution is -0.144. The first-order chi connectivity index (χ1) is 29.9. The van der Waals surface area contributed by atoms with E-state index in [0.29, 0.717) is 51.9 Å². The third-order valence-electron chi connectivity index (χ3n) is 11.5. The number of unbranched alkanes of at least 4 members (excludes halogenated alkanes) is 21. The highest BCUT2D eigenvalue weighted by atomic mass is 16.5. The minimum absolute atomic E-state index is 0.0954. The lowest BCUT2D eigenvalue weighted by atomic mass is 10.1. The van der Waals surface area contributed by atoms with Crippen molar-refractivity contribution in [2.45, 2.75) is 227 Å². The maximum atomic E-state index is 13.4. The van der Waals surface area contributed by atoms with Crippen LogP contribution in [0.4, 0.5) is 0 Å². The number of esters is 1. The van der Waals surface area contributed by atoms with Gasteiger partial charge in [-0.1, -0.05) is 150 Å². The number of hydrogen-bond donors (Lipinski definition) is 1. The van der Waals surface area contributed by atoms with E-state index in [-0.39, 0.29) is 11.9 Å². The average Bonchev–Trinajstić information content (AvgIpc) is 3.26. The smallest absolute Gasteiger partial charge is 0.305 e. The zero-order chi connectivity index (χ0) is 45.1. The molecule has 0 aliphatic heterocycles. The number of rotatable bonds is 48. The van der Waals surface area contributed by atoms with E-state index in [1.807, 2.05) is 4.90 Å². The third-order valence-corrected chi connectivity index (χ3v) is 11.5. The topological polar surface area (TPSA) is 108 Å². The molecule has 0 unspecified atom stereocenters. The van der Waals surface area contributed by atoms with E-state index in [0.717, 1.165) is 116 Å². The molecule has 0 rings (SSSR count).